The normalized spacial score (nSPS) is 22.0. The van der Waals surface area contributed by atoms with Gasteiger partial charge in [-0.25, -0.2) is 8.42 Å². The summed E-state index contributed by atoms with van der Waals surface area (Å²) in [6.45, 7) is 3.14. The van der Waals surface area contributed by atoms with Crippen LogP contribution in [0, 0.1) is 0 Å². The van der Waals surface area contributed by atoms with E-state index >= 15 is 0 Å². The molecule has 0 N–H and O–H groups in total. The van der Waals surface area contributed by atoms with E-state index in [1.807, 2.05) is 6.92 Å². The van der Waals surface area contributed by atoms with Crippen LogP contribution in [0.15, 0.2) is 0 Å². The van der Waals surface area contributed by atoms with Crippen molar-refractivity contribution in [3.63, 3.8) is 0 Å². The Labute approximate surface area is 108 Å². The first-order valence-corrected chi connectivity index (χ1v) is 7.89. The minimum absolute atomic E-state index is 0.0201. The van der Waals surface area contributed by atoms with Gasteiger partial charge in [0.25, 0.3) is 0 Å². The van der Waals surface area contributed by atoms with Gasteiger partial charge in [0, 0.05) is 19.7 Å². The van der Waals surface area contributed by atoms with Crippen LogP contribution in [0.2, 0.25) is 0 Å². The number of hydrogen-bond acceptors (Lipinski definition) is 5. The molecule has 0 aromatic heterocycles. The second-order valence-corrected chi connectivity index (χ2v) is 6.51. The molecule has 7 heteroatoms. The Hall–Kier alpha value is -0.660. The minimum atomic E-state index is -2.97. The third-order valence-electron chi connectivity index (χ3n) is 2.97. The Kier molecular flexibility index (Phi) is 6.04. The number of likely N-dealkylation sites (N-methyl/N-ethyl adjacent to an activating group) is 1. The van der Waals surface area contributed by atoms with Gasteiger partial charge in [-0.1, -0.05) is 0 Å². The average Bonchev–Trinajstić information content (AvgIpc) is 2.66. The molecule has 0 bridgehead atoms. The lowest BCUT2D eigenvalue weighted by Crippen LogP contribution is -2.43. The molecule has 1 atom stereocenters. The Balaban J connectivity index is 2.43. The second kappa shape index (κ2) is 7.06. The second-order valence-electron chi connectivity index (χ2n) is 4.28. The molecule has 1 saturated heterocycles. The van der Waals surface area contributed by atoms with E-state index in [1.165, 1.54) is 0 Å². The van der Waals surface area contributed by atoms with Crippen LogP contribution >= 0.6 is 0 Å². The number of ether oxygens (including phenoxy) is 2. The molecule has 1 rings (SSSR count). The smallest absolute Gasteiger partial charge is 0.248 e. The monoisotopic (exact) mass is 279 g/mol. The van der Waals surface area contributed by atoms with Crippen LogP contribution in [0.3, 0.4) is 0 Å². The van der Waals surface area contributed by atoms with Gasteiger partial charge in [-0.2, -0.15) is 0 Å². The van der Waals surface area contributed by atoms with Gasteiger partial charge < -0.3 is 14.4 Å². The Bertz CT molecular complexity index is 368. The van der Waals surface area contributed by atoms with Crippen molar-refractivity contribution >= 4 is 15.7 Å². The number of amides is 1. The van der Waals surface area contributed by atoms with Crippen LogP contribution in [-0.2, 0) is 24.1 Å². The molecule has 1 fully saturated rings. The molecule has 0 radical (unpaired) electrons. The van der Waals surface area contributed by atoms with Crippen molar-refractivity contribution in [3.8, 4) is 0 Å². The Morgan fingerprint density at radius 1 is 1.39 bits per heavy atom. The highest BCUT2D eigenvalue weighted by molar-refractivity contribution is 7.91. The van der Waals surface area contributed by atoms with E-state index in [0.29, 0.717) is 26.2 Å². The standard InChI is InChI=1S/C11H21NO5S/c1-3-12(10-4-7-18(14,15)9-10)11(13)8-17-6-5-16-2/h10H,3-9H2,1-2H3. The maximum Gasteiger partial charge on any atom is 0.248 e. The number of sulfone groups is 1. The van der Waals surface area contributed by atoms with Crippen LogP contribution in [0.4, 0.5) is 0 Å². The molecule has 1 unspecified atom stereocenters. The molecule has 0 spiro atoms. The molecular formula is C11H21NO5S. The van der Waals surface area contributed by atoms with Crippen LogP contribution in [-0.4, -0.2) is 70.2 Å². The third kappa shape index (κ3) is 4.55. The Morgan fingerprint density at radius 3 is 2.61 bits per heavy atom. The third-order valence-corrected chi connectivity index (χ3v) is 4.72. The predicted octanol–water partition coefficient (Wildman–Crippen LogP) is -0.315. The van der Waals surface area contributed by atoms with E-state index in [2.05, 4.69) is 0 Å². The quantitative estimate of drug-likeness (QED) is 0.597. The lowest BCUT2D eigenvalue weighted by Gasteiger charge is -2.26. The van der Waals surface area contributed by atoms with E-state index in [-0.39, 0.29) is 30.1 Å². The van der Waals surface area contributed by atoms with Crippen LogP contribution in [0.1, 0.15) is 13.3 Å². The van der Waals surface area contributed by atoms with Crippen molar-refractivity contribution < 1.29 is 22.7 Å². The molecule has 0 saturated carbocycles. The SMILES string of the molecule is CCN(C(=O)COCCOC)C1CCS(=O)(=O)C1. The summed E-state index contributed by atoms with van der Waals surface area (Å²) in [5.41, 5.74) is 0. The first-order chi connectivity index (χ1) is 8.50. The number of nitrogens with zero attached hydrogens (tertiary/aromatic N) is 1. The topological polar surface area (TPSA) is 72.9 Å². The highest BCUT2D eigenvalue weighted by Crippen LogP contribution is 2.17. The summed E-state index contributed by atoms with van der Waals surface area (Å²) in [6, 6.07) is -0.196. The van der Waals surface area contributed by atoms with Crippen LogP contribution in [0.5, 0.6) is 0 Å². The number of rotatable bonds is 7. The molecule has 0 aliphatic carbocycles. The fraction of sp³-hybridized carbons (Fsp3) is 0.909. The van der Waals surface area contributed by atoms with Crippen LogP contribution in [0.25, 0.3) is 0 Å². The van der Waals surface area contributed by atoms with Crippen molar-refractivity contribution in [1.82, 2.24) is 4.90 Å². The summed E-state index contributed by atoms with van der Waals surface area (Å²) in [5.74, 6) is 0.0899. The van der Waals surface area contributed by atoms with Gasteiger partial charge in [-0.3, -0.25) is 4.79 Å². The highest BCUT2D eigenvalue weighted by atomic mass is 32.2. The van der Waals surface area contributed by atoms with Gasteiger partial charge in [-0.05, 0) is 13.3 Å². The maximum atomic E-state index is 11.9. The van der Waals surface area contributed by atoms with E-state index < -0.39 is 9.84 Å². The molecule has 18 heavy (non-hydrogen) atoms. The molecule has 6 nitrogen and oxygen atoms in total. The first-order valence-electron chi connectivity index (χ1n) is 6.06. The van der Waals surface area contributed by atoms with Crippen LogP contribution < -0.4 is 0 Å². The number of methoxy groups -OCH3 is 1. The highest BCUT2D eigenvalue weighted by Gasteiger charge is 2.33. The number of hydrogen-bond donors (Lipinski definition) is 0. The summed E-state index contributed by atoms with van der Waals surface area (Å²) in [5, 5.41) is 0. The van der Waals surface area contributed by atoms with Gasteiger partial charge in [-0.15, -0.1) is 0 Å². The largest absolute Gasteiger partial charge is 0.382 e. The zero-order valence-electron chi connectivity index (χ0n) is 10.9. The molecule has 1 aliphatic heterocycles. The van der Waals surface area contributed by atoms with E-state index in [0.717, 1.165) is 0 Å². The van der Waals surface area contributed by atoms with Crippen molar-refractivity contribution in [2.75, 3.05) is 45.0 Å². The van der Waals surface area contributed by atoms with Crippen molar-refractivity contribution in [2.45, 2.75) is 19.4 Å². The summed E-state index contributed by atoms with van der Waals surface area (Å²) >= 11 is 0. The molecule has 106 valence electrons. The number of carbonyl (C=O) groups is 1. The van der Waals surface area contributed by atoms with E-state index in [1.54, 1.807) is 12.0 Å². The minimum Gasteiger partial charge on any atom is -0.382 e. The summed E-state index contributed by atoms with van der Waals surface area (Å²) in [6.07, 6.45) is 0.528. The molecule has 1 heterocycles. The zero-order chi connectivity index (χ0) is 13.6. The Morgan fingerprint density at radius 2 is 2.11 bits per heavy atom. The fourth-order valence-electron chi connectivity index (χ4n) is 2.04. The zero-order valence-corrected chi connectivity index (χ0v) is 11.7. The summed E-state index contributed by atoms with van der Waals surface area (Å²) < 4.78 is 32.8. The van der Waals surface area contributed by atoms with Crippen molar-refractivity contribution in [2.24, 2.45) is 0 Å². The van der Waals surface area contributed by atoms with Crippen molar-refractivity contribution in [3.05, 3.63) is 0 Å². The van der Waals surface area contributed by atoms with Gasteiger partial charge in [0.15, 0.2) is 9.84 Å². The van der Waals surface area contributed by atoms with E-state index in [9.17, 15) is 13.2 Å². The molecule has 1 aliphatic rings. The maximum absolute atomic E-state index is 11.9. The summed E-state index contributed by atoms with van der Waals surface area (Å²) in [7, 11) is -1.41. The van der Waals surface area contributed by atoms with Gasteiger partial charge in [0.1, 0.15) is 6.61 Å². The average molecular weight is 279 g/mol. The molecule has 0 aromatic carbocycles. The molecular weight excluding hydrogens is 258 g/mol. The van der Waals surface area contributed by atoms with Gasteiger partial charge >= 0.3 is 0 Å². The first kappa shape index (κ1) is 15.4. The predicted molar refractivity (Wildman–Crippen MR) is 67.1 cm³/mol. The molecule has 1 amide bonds. The molecule has 0 aromatic rings. The summed E-state index contributed by atoms with van der Waals surface area (Å²) in [4.78, 5) is 13.5. The lowest BCUT2D eigenvalue weighted by molar-refractivity contribution is -0.138. The van der Waals surface area contributed by atoms with Gasteiger partial charge in [0.05, 0.1) is 24.7 Å². The number of carbonyl (C=O) groups excluding carboxylic acids is 1. The van der Waals surface area contributed by atoms with Crippen molar-refractivity contribution in [1.29, 1.82) is 0 Å². The van der Waals surface area contributed by atoms with Gasteiger partial charge in [0.2, 0.25) is 5.91 Å². The fourth-order valence-corrected chi connectivity index (χ4v) is 3.77. The lowest BCUT2D eigenvalue weighted by atomic mass is 10.2. The van der Waals surface area contributed by atoms with E-state index in [4.69, 9.17) is 9.47 Å².